The molecule has 5 aromatic rings. The topological polar surface area (TPSA) is 161 Å². The zero-order chi connectivity index (χ0) is 34.9. The van der Waals surface area contributed by atoms with Crippen molar-refractivity contribution in [1.29, 1.82) is 0 Å². The largest absolute Gasteiger partial charge is 0.343 e. The molecule has 3 aromatic heterocycles. The molecule has 0 aliphatic heterocycles. The van der Waals surface area contributed by atoms with Gasteiger partial charge in [-0.25, -0.2) is 36.8 Å². The number of hydroxylamine groups is 1. The number of hydrogen-bond acceptors (Lipinski definition) is 10. The van der Waals surface area contributed by atoms with Crippen molar-refractivity contribution in [3.05, 3.63) is 98.2 Å². The molecule has 0 radical (unpaired) electrons. The fraction of sp³-hybridized carbons (Fsp3) is 0.233. The number of nitrogens with one attached hydrogen (secondary N) is 2. The highest BCUT2D eigenvalue weighted by molar-refractivity contribution is 7.92. The lowest BCUT2D eigenvalue weighted by Gasteiger charge is -2.16. The standard InChI is InChI=1S/C30H30F2N8O6S2/c1-37(2)15-20-25-27(41)40(24-14-13-23(34-35-24)38(3)48(5,44)45)30(43)39(16-19-21(31)7-6-8-22(19)32)28(25)47-26(20)17-9-11-18(12-10-17)33-29(42)36-46-4/h6-14H,15-16H2,1-5H3,(H2,33,36,42). The summed E-state index contributed by atoms with van der Waals surface area (Å²) < 4.78 is 56.6. The summed E-state index contributed by atoms with van der Waals surface area (Å²) in [5, 5.41) is 10.6. The summed E-state index contributed by atoms with van der Waals surface area (Å²) in [6.07, 6.45) is 0.976. The zero-order valence-electron chi connectivity index (χ0n) is 26.3. The number of thiophene rings is 1. The minimum Gasteiger partial charge on any atom is -0.306 e. The molecule has 0 spiro atoms. The van der Waals surface area contributed by atoms with Crippen molar-refractivity contribution >= 4 is 49.1 Å². The number of rotatable bonds is 10. The van der Waals surface area contributed by atoms with Crippen LogP contribution in [0.3, 0.4) is 0 Å². The summed E-state index contributed by atoms with van der Waals surface area (Å²) >= 11 is 1.09. The maximum Gasteiger partial charge on any atom is 0.343 e. The highest BCUT2D eigenvalue weighted by Crippen LogP contribution is 2.38. The molecule has 18 heteroatoms. The molecule has 0 unspecified atom stereocenters. The van der Waals surface area contributed by atoms with E-state index in [2.05, 4.69) is 25.8 Å². The lowest BCUT2D eigenvalue weighted by molar-refractivity contribution is 0.114. The van der Waals surface area contributed by atoms with Gasteiger partial charge >= 0.3 is 11.7 Å². The van der Waals surface area contributed by atoms with Crippen LogP contribution in [-0.4, -0.2) is 73.2 Å². The first kappa shape index (κ1) is 34.3. The molecule has 48 heavy (non-hydrogen) atoms. The molecule has 0 atom stereocenters. The quantitative estimate of drug-likeness (QED) is 0.209. The van der Waals surface area contributed by atoms with Gasteiger partial charge in [0.05, 0.1) is 25.3 Å². The Balaban J connectivity index is 1.78. The van der Waals surface area contributed by atoms with Crippen LogP contribution in [0.1, 0.15) is 11.1 Å². The van der Waals surface area contributed by atoms with E-state index in [1.165, 1.54) is 32.4 Å². The van der Waals surface area contributed by atoms with Gasteiger partial charge in [0.2, 0.25) is 10.0 Å². The first-order chi connectivity index (χ1) is 22.7. The van der Waals surface area contributed by atoms with E-state index in [1.54, 1.807) is 38.4 Å². The van der Waals surface area contributed by atoms with Crippen LogP contribution in [0.2, 0.25) is 0 Å². The number of benzene rings is 2. The number of halogens is 2. The minimum absolute atomic E-state index is 0.0621. The molecule has 14 nitrogen and oxygen atoms in total. The predicted octanol–water partition coefficient (Wildman–Crippen LogP) is 3.14. The fourth-order valence-electron chi connectivity index (χ4n) is 4.88. The smallest absolute Gasteiger partial charge is 0.306 e. The van der Waals surface area contributed by atoms with E-state index >= 15 is 0 Å². The number of fused-ring (bicyclic) bond motifs is 1. The van der Waals surface area contributed by atoms with Gasteiger partial charge in [-0.1, -0.05) is 18.2 Å². The van der Waals surface area contributed by atoms with Gasteiger partial charge in [-0.3, -0.25) is 18.5 Å². The summed E-state index contributed by atoms with van der Waals surface area (Å²) in [6.45, 7) is -0.327. The van der Waals surface area contributed by atoms with Gasteiger partial charge < -0.3 is 10.2 Å². The second kappa shape index (κ2) is 13.6. The van der Waals surface area contributed by atoms with E-state index in [-0.39, 0.29) is 28.4 Å². The molecule has 0 saturated carbocycles. The average Bonchev–Trinajstić information content (AvgIpc) is 3.39. The Bertz CT molecular complexity index is 2220. The van der Waals surface area contributed by atoms with Gasteiger partial charge in [0.15, 0.2) is 11.6 Å². The van der Waals surface area contributed by atoms with E-state index in [0.29, 0.717) is 21.7 Å². The monoisotopic (exact) mass is 700 g/mol. The van der Waals surface area contributed by atoms with Gasteiger partial charge in [-0.05, 0) is 61.6 Å². The molecule has 3 heterocycles. The van der Waals surface area contributed by atoms with E-state index in [0.717, 1.165) is 43.2 Å². The second-order valence-corrected chi connectivity index (χ2v) is 13.9. The summed E-state index contributed by atoms with van der Waals surface area (Å²) in [7, 11) is 2.46. The van der Waals surface area contributed by atoms with Crippen molar-refractivity contribution in [3.63, 3.8) is 0 Å². The Kier molecular flexibility index (Phi) is 9.71. The van der Waals surface area contributed by atoms with Crippen LogP contribution < -0.4 is 26.4 Å². The van der Waals surface area contributed by atoms with Crippen LogP contribution in [0, 0.1) is 11.6 Å². The number of amides is 2. The van der Waals surface area contributed by atoms with Crippen molar-refractivity contribution < 1.29 is 26.8 Å². The highest BCUT2D eigenvalue weighted by atomic mass is 32.2. The van der Waals surface area contributed by atoms with E-state index < -0.39 is 51.0 Å². The highest BCUT2D eigenvalue weighted by Gasteiger charge is 2.26. The van der Waals surface area contributed by atoms with E-state index in [9.17, 15) is 31.6 Å². The molecule has 0 bridgehead atoms. The van der Waals surface area contributed by atoms with Gasteiger partial charge in [0, 0.05) is 29.7 Å². The van der Waals surface area contributed by atoms with Gasteiger partial charge in [0.25, 0.3) is 5.56 Å². The number of urea groups is 1. The molecule has 252 valence electrons. The van der Waals surface area contributed by atoms with Crippen LogP contribution >= 0.6 is 11.3 Å². The molecular formula is C30H30F2N8O6S2. The molecule has 0 saturated heterocycles. The molecule has 2 aromatic carbocycles. The third-order valence-electron chi connectivity index (χ3n) is 7.21. The van der Waals surface area contributed by atoms with Crippen molar-refractivity contribution in [2.75, 3.05) is 44.1 Å². The summed E-state index contributed by atoms with van der Waals surface area (Å²) in [6, 6.07) is 12.0. The van der Waals surface area contributed by atoms with Crippen LogP contribution in [0.15, 0.2) is 64.2 Å². The number of nitrogens with zero attached hydrogens (tertiary/aromatic N) is 6. The number of carbonyl (C=O) groups excluding carboxylic acids is 1. The normalized spacial score (nSPS) is 11.7. The Labute approximate surface area is 276 Å². The van der Waals surface area contributed by atoms with Crippen LogP contribution in [0.5, 0.6) is 0 Å². The number of anilines is 2. The molecule has 5 rings (SSSR count). The number of hydrogen-bond donors (Lipinski definition) is 2. The molecular weight excluding hydrogens is 671 g/mol. The number of carbonyl (C=O) groups is 1. The minimum atomic E-state index is -3.69. The molecule has 2 N–H and O–H groups in total. The average molecular weight is 701 g/mol. The number of aromatic nitrogens is 4. The van der Waals surface area contributed by atoms with E-state index in [4.69, 9.17) is 0 Å². The van der Waals surface area contributed by atoms with Gasteiger partial charge in [-0.2, -0.15) is 0 Å². The Morgan fingerprint density at radius 1 is 0.979 bits per heavy atom. The zero-order valence-corrected chi connectivity index (χ0v) is 27.9. The number of sulfonamides is 1. The molecule has 0 fully saturated rings. The molecule has 0 aliphatic rings. The lowest BCUT2D eigenvalue weighted by atomic mass is 10.1. The van der Waals surface area contributed by atoms with Crippen LogP contribution in [0.4, 0.5) is 25.1 Å². The summed E-state index contributed by atoms with van der Waals surface area (Å²) in [5.41, 5.74) is 1.67. The lowest BCUT2D eigenvalue weighted by Crippen LogP contribution is -2.40. The van der Waals surface area contributed by atoms with Gasteiger partial charge in [-0.15, -0.1) is 21.5 Å². The Morgan fingerprint density at radius 2 is 1.65 bits per heavy atom. The van der Waals surface area contributed by atoms with Crippen LogP contribution in [0.25, 0.3) is 26.5 Å². The summed E-state index contributed by atoms with van der Waals surface area (Å²) in [4.78, 5) is 47.5. The summed E-state index contributed by atoms with van der Waals surface area (Å²) in [5.74, 6) is -2.06. The fourth-order valence-corrected chi connectivity index (χ4v) is 6.62. The van der Waals surface area contributed by atoms with Crippen molar-refractivity contribution in [2.24, 2.45) is 0 Å². The molecule has 0 aliphatic carbocycles. The second-order valence-electron chi connectivity index (χ2n) is 10.9. The first-order valence-electron chi connectivity index (χ1n) is 14.1. The Morgan fingerprint density at radius 3 is 2.21 bits per heavy atom. The van der Waals surface area contributed by atoms with Crippen LogP contribution in [-0.2, 0) is 28.0 Å². The Hall–Kier alpha value is -5.04. The SMILES string of the molecule is CONC(=O)Nc1ccc(-c2sc3c(c2CN(C)C)c(=O)n(-c2ccc(N(C)S(C)(=O)=O)nn2)c(=O)n3Cc2c(F)cccc2F)cc1. The van der Waals surface area contributed by atoms with Crippen molar-refractivity contribution in [3.8, 4) is 16.3 Å². The third kappa shape index (κ3) is 6.82. The first-order valence-corrected chi connectivity index (χ1v) is 16.7. The van der Waals surface area contributed by atoms with Gasteiger partial charge in [0.1, 0.15) is 16.5 Å². The van der Waals surface area contributed by atoms with Crippen molar-refractivity contribution in [2.45, 2.75) is 13.1 Å². The molecule has 2 amide bonds. The maximum absolute atomic E-state index is 14.9. The maximum atomic E-state index is 14.9. The third-order valence-corrected chi connectivity index (χ3v) is 9.70. The van der Waals surface area contributed by atoms with Crippen molar-refractivity contribution in [1.82, 2.24) is 29.7 Å². The van der Waals surface area contributed by atoms with E-state index in [1.807, 2.05) is 4.90 Å². The predicted molar refractivity (Wildman–Crippen MR) is 178 cm³/mol.